The van der Waals surface area contributed by atoms with Gasteiger partial charge in [-0.25, -0.2) is 0 Å². The molecule has 0 aliphatic carbocycles. The fourth-order valence-electron chi connectivity index (χ4n) is 2.86. The molecule has 0 radical (unpaired) electrons. The van der Waals surface area contributed by atoms with Crippen molar-refractivity contribution < 1.29 is 33.8 Å². The van der Waals surface area contributed by atoms with Crippen LogP contribution in [0.15, 0.2) is 0 Å². The zero-order valence-corrected chi connectivity index (χ0v) is 19.6. The predicted molar refractivity (Wildman–Crippen MR) is 121 cm³/mol. The van der Waals surface area contributed by atoms with Crippen LogP contribution in [0.5, 0.6) is 0 Å². The number of carbonyl (C=O) groups excluding carboxylic acids is 3. The summed E-state index contributed by atoms with van der Waals surface area (Å²) in [5.74, 6) is -0.771. The topological polar surface area (TPSA) is 131 Å². The summed E-state index contributed by atoms with van der Waals surface area (Å²) in [6.45, 7) is 4.68. The van der Waals surface area contributed by atoms with Gasteiger partial charge in [0.2, 0.25) is 11.8 Å². The minimum absolute atomic E-state index is 0.0144. The van der Waals surface area contributed by atoms with Crippen LogP contribution in [0.4, 0.5) is 0 Å². The first-order chi connectivity index (χ1) is 15.4. The Hall–Kier alpha value is -2.00. The van der Waals surface area contributed by atoms with E-state index in [0.29, 0.717) is 52.4 Å². The molecule has 0 aliphatic rings. The van der Waals surface area contributed by atoms with Gasteiger partial charge >= 0.3 is 5.97 Å². The van der Waals surface area contributed by atoms with E-state index >= 15 is 0 Å². The minimum atomic E-state index is -0.738. The van der Waals surface area contributed by atoms with Crippen molar-refractivity contribution in [2.45, 2.75) is 84.0 Å². The van der Waals surface area contributed by atoms with Gasteiger partial charge in [0.25, 0.3) is 0 Å². The van der Waals surface area contributed by atoms with Crippen molar-refractivity contribution >= 4 is 23.6 Å². The first kappa shape index (κ1) is 30.0. The highest BCUT2D eigenvalue weighted by Gasteiger charge is 2.03. The fourth-order valence-corrected chi connectivity index (χ4v) is 2.86. The third-order valence-corrected chi connectivity index (χ3v) is 4.70. The fraction of sp³-hybridized carbons (Fsp3) is 0.826. The number of aliphatic carboxylic acids is 1. The Kier molecular flexibility index (Phi) is 20.8. The largest absolute Gasteiger partial charge is 0.481 e. The molecule has 0 unspecified atom stereocenters. The molecule has 0 aromatic carbocycles. The summed E-state index contributed by atoms with van der Waals surface area (Å²) in [5, 5.41) is 14.2. The molecule has 0 rings (SSSR count). The van der Waals surface area contributed by atoms with E-state index in [0.717, 1.165) is 44.9 Å². The lowest BCUT2D eigenvalue weighted by Crippen LogP contribution is -2.25. The molecule has 0 bridgehead atoms. The molecule has 0 fully saturated rings. The summed E-state index contributed by atoms with van der Waals surface area (Å²) < 4.78 is 10.9. The van der Waals surface area contributed by atoms with E-state index in [1.54, 1.807) is 0 Å². The average molecular weight is 459 g/mol. The van der Waals surface area contributed by atoms with Crippen molar-refractivity contribution in [3.05, 3.63) is 0 Å². The predicted octanol–water partition coefficient (Wildman–Crippen LogP) is 2.61. The van der Waals surface area contributed by atoms with Crippen LogP contribution in [0, 0.1) is 0 Å². The number of hydrogen-bond donors (Lipinski definition) is 3. The Morgan fingerprint density at radius 1 is 0.594 bits per heavy atom. The van der Waals surface area contributed by atoms with Gasteiger partial charge in [-0.1, -0.05) is 25.7 Å². The maximum absolute atomic E-state index is 11.7. The minimum Gasteiger partial charge on any atom is -0.481 e. The van der Waals surface area contributed by atoms with Gasteiger partial charge in [-0.3, -0.25) is 14.4 Å². The quantitative estimate of drug-likeness (QED) is 0.201. The van der Waals surface area contributed by atoms with Crippen LogP contribution in [0.3, 0.4) is 0 Å². The van der Waals surface area contributed by atoms with Gasteiger partial charge < -0.3 is 30.0 Å². The highest BCUT2D eigenvalue weighted by atomic mass is 16.5. The SMILES string of the molecule is CC(=O)CCC(=O)NCCCOCCOCCCNC(=O)CCCCCCCCC(=O)O. The van der Waals surface area contributed by atoms with Gasteiger partial charge in [0.15, 0.2) is 0 Å². The van der Waals surface area contributed by atoms with Crippen molar-refractivity contribution in [2.24, 2.45) is 0 Å². The molecule has 0 heterocycles. The number of rotatable bonds is 23. The summed E-state index contributed by atoms with van der Waals surface area (Å²) >= 11 is 0. The van der Waals surface area contributed by atoms with E-state index in [9.17, 15) is 19.2 Å². The number of ketones is 1. The van der Waals surface area contributed by atoms with E-state index in [4.69, 9.17) is 14.6 Å². The van der Waals surface area contributed by atoms with Gasteiger partial charge in [0, 0.05) is 52.0 Å². The Morgan fingerprint density at radius 2 is 1.06 bits per heavy atom. The second-order valence-electron chi connectivity index (χ2n) is 7.85. The van der Waals surface area contributed by atoms with Crippen molar-refractivity contribution in [2.75, 3.05) is 39.5 Å². The number of Topliss-reactive ketones (excluding diaryl/α,β-unsaturated/α-hetero) is 1. The number of amides is 2. The molecule has 0 aromatic rings. The second-order valence-corrected chi connectivity index (χ2v) is 7.85. The van der Waals surface area contributed by atoms with E-state index in [-0.39, 0.29) is 36.9 Å². The number of ether oxygens (including phenoxy) is 2. The zero-order valence-electron chi connectivity index (χ0n) is 19.6. The van der Waals surface area contributed by atoms with E-state index in [1.807, 2.05) is 0 Å². The Morgan fingerprint density at radius 3 is 1.56 bits per heavy atom. The molecule has 0 aromatic heterocycles. The van der Waals surface area contributed by atoms with E-state index in [2.05, 4.69) is 10.6 Å². The molecule has 0 spiro atoms. The maximum atomic E-state index is 11.7. The number of hydrogen-bond acceptors (Lipinski definition) is 6. The number of carboxylic acids is 1. The lowest BCUT2D eigenvalue weighted by molar-refractivity contribution is -0.137. The molecule has 3 N–H and O–H groups in total. The smallest absolute Gasteiger partial charge is 0.303 e. The Labute approximate surface area is 192 Å². The summed E-state index contributed by atoms with van der Waals surface area (Å²) in [7, 11) is 0. The van der Waals surface area contributed by atoms with Crippen molar-refractivity contribution in [3.8, 4) is 0 Å². The van der Waals surface area contributed by atoms with Crippen LogP contribution >= 0.6 is 0 Å². The van der Waals surface area contributed by atoms with E-state index in [1.165, 1.54) is 6.92 Å². The van der Waals surface area contributed by atoms with Crippen molar-refractivity contribution in [1.29, 1.82) is 0 Å². The maximum Gasteiger partial charge on any atom is 0.303 e. The van der Waals surface area contributed by atoms with Gasteiger partial charge in [-0.05, 0) is 32.6 Å². The van der Waals surface area contributed by atoms with Crippen LogP contribution in [0.2, 0.25) is 0 Å². The third-order valence-electron chi connectivity index (χ3n) is 4.70. The van der Waals surface area contributed by atoms with Crippen molar-refractivity contribution in [3.63, 3.8) is 0 Å². The summed E-state index contributed by atoms with van der Waals surface area (Å²) in [5.41, 5.74) is 0. The van der Waals surface area contributed by atoms with Crippen LogP contribution < -0.4 is 10.6 Å². The summed E-state index contributed by atoms with van der Waals surface area (Å²) in [6, 6.07) is 0. The van der Waals surface area contributed by atoms with Crippen LogP contribution in [0.25, 0.3) is 0 Å². The van der Waals surface area contributed by atoms with Crippen LogP contribution in [-0.2, 0) is 28.7 Å². The standard InChI is InChI=1S/C23H42N2O7/c1-20(26)12-13-22(28)25-15-9-17-32-19-18-31-16-8-14-24-21(27)10-6-4-2-3-5-7-11-23(29)30/h2-19H2,1H3,(H,24,27)(H,25,28)(H,29,30). The molecule has 2 amide bonds. The highest BCUT2D eigenvalue weighted by molar-refractivity contribution is 5.83. The normalized spacial score (nSPS) is 10.7. The molecule has 9 heteroatoms. The Bertz CT molecular complexity index is 526. The van der Waals surface area contributed by atoms with Gasteiger partial charge in [-0.2, -0.15) is 0 Å². The summed E-state index contributed by atoms with van der Waals surface area (Å²) in [4.78, 5) is 44.3. The molecule has 0 saturated heterocycles. The Balaban J connectivity index is 3.25. The monoisotopic (exact) mass is 458 g/mol. The zero-order chi connectivity index (χ0) is 23.9. The number of carboxylic acid groups (broad SMARTS) is 1. The molecular formula is C23H42N2O7. The molecular weight excluding hydrogens is 416 g/mol. The molecule has 0 aliphatic heterocycles. The van der Waals surface area contributed by atoms with E-state index < -0.39 is 5.97 Å². The van der Waals surface area contributed by atoms with Gasteiger partial charge in [-0.15, -0.1) is 0 Å². The van der Waals surface area contributed by atoms with Gasteiger partial charge in [0.05, 0.1) is 13.2 Å². The van der Waals surface area contributed by atoms with Crippen molar-refractivity contribution in [1.82, 2.24) is 10.6 Å². The third kappa shape index (κ3) is 24.3. The van der Waals surface area contributed by atoms with Crippen LogP contribution in [0.1, 0.15) is 84.0 Å². The summed E-state index contributed by atoms with van der Waals surface area (Å²) in [6.07, 6.45) is 8.34. The number of unbranched alkanes of at least 4 members (excludes halogenated alkanes) is 5. The van der Waals surface area contributed by atoms with Gasteiger partial charge in [0.1, 0.15) is 5.78 Å². The highest BCUT2D eigenvalue weighted by Crippen LogP contribution is 2.08. The average Bonchev–Trinajstić information content (AvgIpc) is 2.74. The molecule has 186 valence electrons. The number of carbonyl (C=O) groups is 4. The first-order valence-electron chi connectivity index (χ1n) is 11.8. The number of nitrogens with one attached hydrogen (secondary N) is 2. The molecule has 0 atom stereocenters. The lowest BCUT2D eigenvalue weighted by Gasteiger charge is -2.08. The molecule has 32 heavy (non-hydrogen) atoms. The molecule has 9 nitrogen and oxygen atoms in total. The molecule has 0 saturated carbocycles. The first-order valence-corrected chi connectivity index (χ1v) is 11.8. The second kappa shape index (κ2) is 22.2. The van der Waals surface area contributed by atoms with Crippen LogP contribution in [-0.4, -0.2) is 68.2 Å². The lowest BCUT2D eigenvalue weighted by atomic mass is 10.1.